The largest absolute Gasteiger partial charge is 0.480 e. The summed E-state index contributed by atoms with van der Waals surface area (Å²) in [7, 11) is 0. The molecule has 1 aromatic rings. The number of aliphatic carboxylic acids is 1. The fourth-order valence-corrected chi connectivity index (χ4v) is 3.20. The molecule has 0 aliphatic heterocycles. The second-order valence-electron chi connectivity index (χ2n) is 6.92. The van der Waals surface area contributed by atoms with E-state index in [1.54, 1.807) is 24.3 Å². The van der Waals surface area contributed by atoms with Gasteiger partial charge in [-0.2, -0.15) is 11.8 Å². The second kappa shape index (κ2) is 13.6. The first-order valence-electron chi connectivity index (χ1n) is 9.73. The van der Waals surface area contributed by atoms with E-state index in [2.05, 4.69) is 16.0 Å². The molecule has 172 valence electrons. The Labute approximate surface area is 185 Å². The number of carboxylic acids is 1. The quantitative estimate of drug-likeness (QED) is 0.217. The summed E-state index contributed by atoms with van der Waals surface area (Å²) < 4.78 is 0. The minimum absolute atomic E-state index is 0.181. The Kier molecular flexibility index (Phi) is 11.6. The maximum Gasteiger partial charge on any atom is 0.328 e. The third-order valence-corrected chi connectivity index (χ3v) is 5.05. The van der Waals surface area contributed by atoms with Crippen LogP contribution in [0.1, 0.15) is 18.9 Å². The predicted octanol–water partition coefficient (Wildman–Crippen LogP) is -1.14. The molecular weight excluding hydrogens is 424 g/mol. The summed E-state index contributed by atoms with van der Waals surface area (Å²) >= 11 is 1.45. The average Bonchev–Trinajstić information content (AvgIpc) is 2.74. The first kappa shape index (κ1) is 26.4. The summed E-state index contributed by atoms with van der Waals surface area (Å²) in [5, 5.41) is 26.2. The Morgan fingerprint density at radius 2 is 1.65 bits per heavy atom. The van der Waals surface area contributed by atoms with Crippen LogP contribution in [0.15, 0.2) is 30.3 Å². The molecule has 3 amide bonds. The number of nitrogens with two attached hydrogens (primary N) is 1. The zero-order chi connectivity index (χ0) is 23.4. The standard InChI is InChI=1S/C20H30N4O6S/c1-12(25)17(20(29)30)24-18(27)14(8-9-31-2)23-19(28)15(22-16(26)11-21)10-13-6-4-3-5-7-13/h3-7,12,14-15,17,25H,8-11,21H2,1-2H3,(H,22,26)(H,23,28)(H,24,27)(H,29,30). The van der Waals surface area contributed by atoms with Crippen LogP contribution in [0, 0.1) is 0 Å². The number of nitrogens with one attached hydrogen (secondary N) is 3. The van der Waals surface area contributed by atoms with Gasteiger partial charge in [0.2, 0.25) is 17.7 Å². The number of carbonyl (C=O) groups is 4. The summed E-state index contributed by atoms with van der Waals surface area (Å²) in [5.41, 5.74) is 6.15. The Bertz CT molecular complexity index is 746. The second-order valence-corrected chi connectivity index (χ2v) is 7.91. The van der Waals surface area contributed by atoms with Crippen molar-refractivity contribution in [2.24, 2.45) is 5.73 Å². The van der Waals surface area contributed by atoms with E-state index in [9.17, 15) is 29.4 Å². The summed E-state index contributed by atoms with van der Waals surface area (Å²) in [6.45, 7) is 0.941. The Morgan fingerprint density at radius 1 is 1.03 bits per heavy atom. The van der Waals surface area contributed by atoms with Gasteiger partial charge in [0.25, 0.3) is 0 Å². The minimum atomic E-state index is -1.52. The molecule has 0 heterocycles. The number of aliphatic hydroxyl groups excluding tert-OH is 1. The lowest BCUT2D eigenvalue weighted by Crippen LogP contribution is -2.58. The molecule has 11 heteroatoms. The third kappa shape index (κ3) is 9.37. The molecule has 31 heavy (non-hydrogen) atoms. The van der Waals surface area contributed by atoms with Crippen LogP contribution in [0.2, 0.25) is 0 Å². The highest BCUT2D eigenvalue weighted by atomic mass is 32.2. The normalized spacial score (nSPS) is 14.6. The van der Waals surface area contributed by atoms with Crippen LogP contribution in [-0.4, -0.2) is 76.7 Å². The van der Waals surface area contributed by atoms with Crippen molar-refractivity contribution in [1.82, 2.24) is 16.0 Å². The maximum absolute atomic E-state index is 12.9. The van der Waals surface area contributed by atoms with Gasteiger partial charge in [0.15, 0.2) is 6.04 Å². The smallest absolute Gasteiger partial charge is 0.328 e. The number of hydrogen-bond donors (Lipinski definition) is 6. The van der Waals surface area contributed by atoms with E-state index in [-0.39, 0.29) is 19.4 Å². The van der Waals surface area contributed by atoms with Crippen molar-refractivity contribution in [1.29, 1.82) is 0 Å². The highest BCUT2D eigenvalue weighted by molar-refractivity contribution is 7.98. The number of benzene rings is 1. The number of thioether (sulfide) groups is 1. The molecule has 0 radical (unpaired) electrons. The van der Waals surface area contributed by atoms with E-state index in [0.29, 0.717) is 5.75 Å². The summed E-state index contributed by atoms with van der Waals surface area (Å²) in [6.07, 6.45) is 0.911. The van der Waals surface area contributed by atoms with Gasteiger partial charge in [-0.3, -0.25) is 14.4 Å². The molecule has 0 aliphatic rings. The van der Waals surface area contributed by atoms with Gasteiger partial charge >= 0.3 is 5.97 Å². The van der Waals surface area contributed by atoms with E-state index in [1.165, 1.54) is 18.7 Å². The molecule has 0 aliphatic carbocycles. The van der Waals surface area contributed by atoms with Crippen LogP contribution in [0.25, 0.3) is 0 Å². The average molecular weight is 455 g/mol. The van der Waals surface area contributed by atoms with E-state index in [4.69, 9.17) is 5.73 Å². The van der Waals surface area contributed by atoms with Crippen LogP contribution >= 0.6 is 11.8 Å². The fourth-order valence-electron chi connectivity index (χ4n) is 2.73. The van der Waals surface area contributed by atoms with Crippen LogP contribution in [-0.2, 0) is 25.6 Å². The highest BCUT2D eigenvalue weighted by Crippen LogP contribution is 2.07. The van der Waals surface area contributed by atoms with Gasteiger partial charge in [-0.15, -0.1) is 0 Å². The highest BCUT2D eigenvalue weighted by Gasteiger charge is 2.31. The molecule has 0 bridgehead atoms. The van der Waals surface area contributed by atoms with Crippen molar-refractivity contribution in [3.63, 3.8) is 0 Å². The van der Waals surface area contributed by atoms with Crippen molar-refractivity contribution < 1.29 is 29.4 Å². The SMILES string of the molecule is CSCCC(NC(=O)C(Cc1ccccc1)NC(=O)CN)C(=O)NC(C(=O)O)C(C)O. The molecule has 0 saturated heterocycles. The van der Waals surface area contributed by atoms with Crippen LogP contribution in [0.5, 0.6) is 0 Å². The topological polar surface area (TPSA) is 171 Å². The fraction of sp³-hybridized carbons (Fsp3) is 0.500. The van der Waals surface area contributed by atoms with Crippen LogP contribution < -0.4 is 21.7 Å². The molecule has 0 aromatic heterocycles. The molecule has 4 atom stereocenters. The van der Waals surface area contributed by atoms with Crippen molar-refractivity contribution in [2.75, 3.05) is 18.6 Å². The minimum Gasteiger partial charge on any atom is -0.480 e. The van der Waals surface area contributed by atoms with E-state index < -0.39 is 47.9 Å². The van der Waals surface area contributed by atoms with Crippen molar-refractivity contribution in [3.05, 3.63) is 35.9 Å². The molecule has 0 saturated carbocycles. The molecule has 1 rings (SSSR count). The maximum atomic E-state index is 12.9. The van der Waals surface area contributed by atoms with Crippen molar-refractivity contribution >= 4 is 35.5 Å². The molecule has 4 unspecified atom stereocenters. The molecular formula is C20H30N4O6S. The first-order valence-corrected chi connectivity index (χ1v) is 11.1. The van der Waals surface area contributed by atoms with Crippen molar-refractivity contribution in [2.45, 2.75) is 44.0 Å². The summed E-state index contributed by atoms with van der Waals surface area (Å²) in [4.78, 5) is 48.6. The van der Waals surface area contributed by atoms with Gasteiger partial charge < -0.3 is 31.9 Å². The Balaban J connectivity index is 2.98. The first-order chi connectivity index (χ1) is 14.7. The van der Waals surface area contributed by atoms with Crippen molar-refractivity contribution in [3.8, 4) is 0 Å². The Hall–Kier alpha value is -2.63. The van der Waals surface area contributed by atoms with E-state index in [1.807, 2.05) is 12.3 Å². The van der Waals surface area contributed by atoms with Gasteiger partial charge in [0.05, 0.1) is 12.6 Å². The molecule has 7 N–H and O–H groups in total. The van der Waals surface area contributed by atoms with Crippen LogP contribution in [0.4, 0.5) is 0 Å². The van der Waals surface area contributed by atoms with Gasteiger partial charge in [-0.05, 0) is 30.9 Å². The molecule has 10 nitrogen and oxygen atoms in total. The molecule has 0 fully saturated rings. The van der Waals surface area contributed by atoms with Gasteiger partial charge in [0, 0.05) is 6.42 Å². The summed E-state index contributed by atoms with van der Waals surface area (Å²) in [5.74, 6) is -2.74. The number of rotatable bonds is 13. The molecule has 1 aromatic carbocycles. The number of hydrogen-bond acceptors (Lipinski definition) is 7. The Morgan fingerprint density at radius 3 is 2.16 bits per heavy atom. The third-order valence-electron chi connectivity index (χ3n) is 4.41. The number of carbonyl (C=O) groups excluding carboxylic acids is 3. The van der Waals surface area contributed by atoms with Gasteiger partial charge in [0.1, 0.15) is 12.1 Å². The van der Waals surface area contributed by atoms with E-state index in [0.717, 1.165) is 5.56 Å². The number of amides is 3. The molecule has 0 spiro atoms. The lowest BCUT2D eigenvalue weighted by molar-refractivity contribution is -0.145. The lowest BCUT2D eigenvalue weighted by Gasteiger charge is -2.25. The predicted molar refractivity (Wildman–Crippen MR) is 117 cm³/mol. The number of carboxylic acid groups (broad SMARTS) is 1. The summed E-state index contributed by atoms with van der Waals surface area (Å²) in [6, 6.07) is 5.47. The van der Waals surface area contributed by atoms with Crippen LogP contribution in [0.3, 0.4) is 0 Å². The zero-order valence-corrected chi connectivity index (χ0v) is 18.4. The number of aliphatic hydroxyl groups is 1. The monoisotopic (exact) mass is 454 g/mol. The van der Waals surface area contributed by atoms with E-state index >= 15 is 0 Å². The zero-order valence-electron chi connectivity index (χ0n) is 17.5. The lowest BCUT2D eigenvalue weighted by atomic mass is 10.0. The van der Waals surface area contributed by atoms with Gasteiger partial charge in [-0.1, -0.05) is 30.3 Å². The van der Waals surface area contributed by atoms with Gasteiger partial charge in [-0.25, -0.2) is 4.79 Å².